The van der Waals surface area contributed by atoms with Gasteiger partial charge in [0, 0.05) is 39.4 Å². The molecule has 0 atom stereocenters. The molecule has 1 amide bonds. The van der Waals surface area contributed by atoms with E-state index in [2.05, 4.69) is 15.3 Å². The number of nitrogens with zero attached hydrogens (tertiary/aromatic N) is 3. The highest BCUT2D eigenvalue weighted by molar-refractivity contribution is 5.78. The van der Waals surface area contributed by atoms with E-state index in [-0.39, 0.29) is 11.8 Å². The van der Waals surface area contributed by atoms with Gasteiger partial charge in [-0.05, 0) is 18.9 Å². The Kier molecular flexibility index (Phi) is 4.68. The van der Waals surface area contributed by atoms with Crippen LogP contribution in [-0.2, 0) is 16.1 Å². The molecule has 0 spiro atoms. The number of ether oxygens (including phenoxy) is 1. The number of carbonyl (C=O) groups excluding carboxylic acids is 1. The Hall–Kier alpha value is -1.69. The van der Waals surface area contributed by atoms with Crippen LogP contribution in [0, 0.1) is 5.92 Å². The normalized spacial score (nSPS) is 16.1. The zero-order valence-electron chi connectivity index (χ0n) is 11.4. The summed E-state index contributed by atoms with van der Waals surface area (Å²) < 4.78 is 5.24. The van der Waals surface area contributed by atoms with Crippen molar-refractivity contribution in [2.45, 2.75) is 19.4 Å². The van der Waals surface area contributed by atoms with Crippen LogP contribution in [0.15, 0.2) is 12.3 Å². The third kappa shape index (κ3) is 3.89. The van der Waals surface area contributed by atoms with Gasteiger partial charge in [0.15, 0.2) is 0 Å². The van der Waals surface area contributed by atoms with Crippen LogP contribution < -0.4 is 10.2 Å². The fourth-order valence-electron chi connectivity index (χ4n) is 1.99. The fraction of sp³-hybridized carbons (Fsp3) is 0.615. The van der Waals surface area contributed by atoms with Gasteiger partial charge in [-0.2, -0.15) is 0 Å². The van der Waals surface area contributed by atoms with Gasteiger partial charge in [0.2, 0.25) is 5.91 Å². The van der Waals surface area contributed by atoms with Crippen molar-refractivity contribution >= 4 is 11.7 Å². The Morgan fingerprint density at radius 3 is 2.89 bits per heavy atom. The first-order chi connectivity index (χ1) is 9.16. The monoisotopic (exact) mass is 264 g/mol. The maximum atomic E-state index is 12.0. The quantitative estimate of drug-likeness (QED) is 0.862. The molecule has 0 aliphatic carbocycles. The van der Waals surface area contributed by atoms with E-state index >= 15 is 0 Å². The number of rotatable bonds is 4. The predicted molar refractivity (Wildman–Crippen MR) is 71.7 cm³/mol. The second-order valence-electron chi connectivity index (χ2n) is 4.83. The summed E-state index contributed by atoms with van der Waals surface area (Å²) in [5.74, 6) is 1.60. The molecule has 0 saturated carbocycles. The standard InChI is InChI=1S/C13H20N4O2/c1-17(2)12-3-6-14-11(16-12)9-15-13(18)10-4-7-19-8-5-10/h3,6,10H,4-5,7-9H2,1-2H3,(H,15,18). The minimum Gasteiger partial charge on any atom is -0.381 e. The molecule has 0 bridgehead atoms. The summed E-state index contributed by atoms with van der Waals surface area (Å²) in [4.78, 5) is 22.4. The summed E-state index contributed by atoms with van der Waals surface area (Å²) in [5, 5.41) is 2.90. The largest absolute Gasteiger partial charge is 0.381 e. The molecule has 1 aromatic heterocycles. The predicted octanol–water partition coefficient (Wildman–Crippen LogP) is 0.585. The van der Waals surface area contributed by atoms with Crippen molar-refractivity contribution < 1.29 is 9.53 Å². The van der Waals surface area contributed by atoms with E-state index in [0.29, 0.717) is 25.6 Å². The molecule has 0 aromatic carbocycles. The number of hydrogen-bond donors (Lipinski definition) is 1. The molecule has 6 nitrogen and oxygen atoms in total. The summed E-state index contributed by atoms with van der Waals surface area (Å²) in [6, 6.07) is 1.84. The average molecular weight is 264 g/mol. The summed E-state index contributed by atoms with van der Waals surface area (Å²) in [5.41, 5.74) is 0. The zero-order chi connectivity index (χ0) is 13.7. The van der Waals surface area contributed by atoms with E-state index in [1.54, 1.807) is 6.20 Å². The number of amides is 1. The maximum Gasteiger partial charge on any atom is 0.223 e. The number of hydrogen-bond acceptors (Lipinski definition) is 5. The fourth-order valence-corrected chi connectivity index (χ4v) is 1.99. The highest BCUT2D eigenvalue weighted by Gasteiger charge is 2.21. The second kappa shape index (κ2) is 6.47. The Labute approximate surface area is 113 Å². The summed E-state index contributed by atoms with van der Waals surface area (Å²) in [6.45, 7) is 1.72. The lowest BCUT2D eigenvalue weighted by Gasteiger charge is -2.21. The molecule has 6 heteroatoms. The third-order valence-electron chi connectivity index (χ3n) is 3.16. The minimum absolute atomic E-state index is 0.0609. The first kappa shape index (κ1) is 13.7. The van der Waals surface area contributed by atoms with Crippen molar-refractivity contribution in [3.05, 3.63) is 18.1 Å². The lowest BCUT2D eigenvalue weighted by molar-refractivity contribution is -0.128. The Morgan fingerprint density at radius 2 is 2.21 bits per heavy atom. The van der Waals surface area contributed by atoms with Crippen LogP contribution in [0.1, 0.15) is 18.7 Å². The highest BCUT2D eigenvalue weighted by Crippen LogP contribution is 2.14. The molecule has 1 N–H and O–H groups in total. The summed E-state index contributed by atoms with van der Waals surface area (Å²) in [7, 11) is 3.85. The van der Waals surface area contributed by atoms with Gasteiger partial charge in [0.05, 0.1) is 6.54 Å². The molecule has 0 radical (unpaired) electrons. The highest BCUT2D eigenvalue weighted by atomic mass is 16.5. The van der Waals surface area contributed by atoms with Crippen LogP contribution in [0.4, 0.5) is 5.82 Å². The molecule has 1 saturated heterocycles. The van der Waals surface area contributed by atoms with Gasteiger partial charge in [-0.15, -0.1) is 0 Å². The van der Waals surface area contributed by atoms with E-state index in [9.17, 15) is 4.79 Å². The van der Waals surface area contributed by atoms with Crippen molar-refractivity contribution in [2.24, 2.45) is 5.92 Å². The molecule has 1 aromatic rings. The third-order valence-corrected chi connectivity index (χ3v) is 3.16. The van der Waals surface area contributed by atoms with Crippen LogP contribution in [0.25, 0.3) is 0 Å². The summed E-state index contributed by atoms with van der Waals surface area (Å²) >= 11 is 0. The smallest absolute Gasteiger partial charge is 0.223 e. The molecule has 19 heavy (non-hydrogen) atoms. The van der Waals surface area contributed by atoms with E-state index in [0.717, 1.165) is 18.7 Å². The van der Waals surface area contributed by atoms with Gasteiger partial charge in [0.1, 0.15) is 11.6 Å². The van der Waals surface area contributed by atoms with E-state index in [1.807, 2.05) is 25.1 Å². The van der Waals surface area contributed by atoms with Crippen molar-refractivity contribution in [3.8, 4) is 0 Å². The van der Waals surface area contributed by atoms with Gasteiger partial charge in [0.25, 0.3) is 0 Å². The number of aromatic nitrogens is 2. The molecule has 2 heterocycles. The van der Waals surface area contributed by atoms with Crippen LogP contribution in [0.5, 0.6) is 0 Å². The Bertz CT molecular complexity index is 430. The molecule has 1 aliphatic rings. The number of carbonyl (C=O) groups is 1. The molecule has 1 aliphatic heterocycles. The van der Waals surface area contributed by atoms with Gasteiger partial charge in [-0.1, -0.05) is 0 Å². The lowest BCUT2D eigenvalue weighted by atomic mass is 9.99. The van der Waals surface area contributed by atoms with E-state index < -0.39 is 0 Å². The van der Waals surface area contributed by atoms with Crippen LogP contribution in [-0.4, -0.2) is 43.2 Å². The molecule has 2 rings (SSSR count). The first-order valence-electron chi connectivity index (χ1n) is 6.51. The topological polar surface area (TPSA) is 67.4 Å². The van der Waals surface area contributed by atoms with Crippen LogP contribution in [0.2, 0.25) is 0 Å². The van der Waals surface area contributed by atoms with Crippen LogP contribution in [0.3, 0.4) is 0 Å². The molecular weight excluding hydrogens is 244 g/mol. The van der Waals surface area contributed by atoms with Gasteiger partial charge >= 0.3 is 0 Å². The van der Waals surface area contributed by atoms with Gasteiger partial charge in [-0.25, -0.2) is 9.97 Å². The van der Waals surface area contributed by atoms with E-state index in [1.165, 1.54) is 0 Å². The van der Waals surface area contributed by atoms with Crippen molar-refractivity contribution in [1.82, 2.24) is 15.3 Å². The zero-order valence-corrected chi connectivity index (χ0v) is 11.4. The Balaban J connectivity index is 1.87. The van der Waals surface area contributed by atoms with Crippen LogP contribution >= 0.6 is 0 Å². The second-order valence-corrected chi connectivity index (χ2v) is 4.83. The lowest BCUT2D eigenvalue weighted by Crippen LogP contribution is -2.34. The first-order valence-corrected chi connectivity index (χ1v) is 6.51. The maximum absolute atomic E-state index is 12.0. The van der Waals surface area contributed by atoms with Crippen molar-refractivity contribution in [1.29, 1.82) is 0 Å². The minimum atomic E-state index is 0.0609. The van der Waals surface area contributed by atoms with E-state index in [4.69, 9.17) is 4.74 Å². The number of nitrogens with one attached hydrogen (secondary N) is 1. The van der Waals surface area contributed by atoms with Gasteiger partial charge in [-0.3, -0.25) is 4.79 Å². The average Bonchev–Trinajstić information content (AvgIpc) is 2.46. The number of anilines is 1. The summed E-state index contributed by atoms with van der Waals surface area (Å²) in [6.07, 6.45) is 3.30. The Morgan fingerprint density at radius 1 is 1.47 bits per heavy atom. The van der Waals surface area contributed by atoms with Crippen molar-refractivity contribution in [3.63, 3.8) is 0 Å². The molecular formula is C13H20N4O2. The van der Waals surface area contributed by atoms with Gasteiger partial charge < -0.3 is 15.0 Å². The SMILES string of the molecule is CN(C)c1ccnc(CNC(=O)C2CCOCC2)n1. The molecule has 104 valence electrons. The van der Waals surface area contributed by atoms with Crippen molar-refractivity contribution in [2.75, 3.05) is 32.2 Å². The molecule has 0 unspecified atom stereocenters. The molecule has 1 fully saturated rings.